The molecule has 1 atom stereocenters. The molecule has 2 rings (SSSR count). The highest BCUT2D eigenvalue weighted by Gasteiger charge is 2.17. The molecule has 0 radical (unpaired) electrons. The van der Waals surface area contributed by atoms with Gasteiger partial charge in [0.15, 0.2) is 5.82 Å². The third-order valence-corrected chi connectivity index (χ3v) is 3.12. The van der Waals surface area contributed by atoms with E-state index in [2.05, 4.69) is 36.4 Å². The lowest BCUT2D eigenvalue weighted by Gasteiger charge is -2.13. The van der Waals surface area contributed by atoms with Crippen molar-refractivity contribution in [2.45, 2.75) is 13.0 Å². The number of rotatable bonds is 3. The van der Waals surface area contributed by atoms with Crippen molar-refractivity contribution >= 4 is 21.8 Å². The molecule has 0 spiro atoms. The highest BCUT2D eigenvalue weighted by Crippen LogP contribution is 2.14. The predicted molar refractivity (Wildman–Crippen MR) is 68.8 cm³/mol. The second-order valence-corrected chi connectivity index (χ2v) is 4.59. The maximum atomic E-state index is 12.0. The van der Waals surface area contributed by atoms with Crippen LogP contribution in [-0.2, 0) is 7.05 Å². The van der Waals surface area contributed by atoms with E-state index < -0.39 is 0 Å². The van der Waals surface area contributed by atoms with E-state index in [4.69, 9.17) is 0 Å². The number of aromatic nitrogens is 4. The van der Waals surface area contributed by atoms with Crippen LogP contribution in [-0.4, -0.2) is 25.7 Å². The minimum atomic E-state index is -0.225. The molecule has 0 aliphatic heterocycles. The number of hydrogen-bond acceptors (Lipinski definition) is 4. The minimum absolute atomic E-state index is 0.203. The van der Waals surface area contributed by atoms with Gasteiger partial charge in [0, 0.05) is 13.2 Å². The smallest absolute Gasteiger partial charge is 0.254 e. The normalized spacial score (nSPS) is 12.2. The Balaban J connectivity index is 2.13. The minimum Gasteiger partial charge on any atom is -0.342 e. The van der Waals surface area contributed by atoms with Crippen LogP contribution in [0.25, 0.3) is 0 Å². The van der Waals surface area contributed by atoms with Gasteiger partial charge in [-0.1, -0.05) is 0 Å². The average molecular weight is 310 g/mol. The summed E-state index contributed by atoms with van der Waals surface area (Å²) in [5.41, 5.74) is 0.492. The van der Waals surface area contributed by atoms with Gasteiger partial charge in [-0.15, -0.1) is 10.2 Å². The van der Waals surface area contributed by atoms with Crippen LogP contribution in [0.4, 0.5) is 0 Å². The van der Waals surface area contributed by atoms with Crippen LogP contribution in [0.3, 0.4) is 0 Å². The molecular formula is C11H12BrN5O. The summed E-state index contributed by atoms with van der Waals surface area (Å²) in [5.74, 6) is 0.494. The quantitative estimate of drug-likeness (QED) is 0.871. The molecule has 0 fully saturated rings. The highest BCUT2D eigenvalue weighted by molar-refractivity contribution is 9.10. The lowest BCUT2D eigenvalue weighted by atomic mass is 10.2. The number of pyridine rings is 1. The zero-order valence-electron chi connectivity index (χ0n) is 9.96. The van der Waals surface area contributed by atoms with Crippen LogP contribution < -0.4 is 5.32 Å². The molecule has 6 nitrogen and oxygen atoms in total. The van der Waals surface area contributed by atoms with Crippen molar-refractivity contribution in [1.29, 1.82) is 0 Å². The molecule has 1 unspecified atom stereocenters. The van der Waals surface area contributed by atoms with Crippen molar-refractivity contribution in [2.24, 2.45) is 7.05 Å². The molecular weight excluding hydrogens is 298 g/mol. The molecule has 0 aliphatic rings. The second kappa shape index (κ2) is 5.26. The van der Waals surface area contributed by atoms with Gasteiger partial charge >= 0.3 is 0 Å². The number of nitrogens with zero attached hydrogens (tertiary/aromatic N) is 4. The van der Waals surface area contributed by atoms with Crippen molar-refractivity contribution < 1.29 is 4.79 Å². The van der Waals surface area contributed by atoms with Crippen LogP contribution in [0.1, 0.15) is 29.1 Å². The Hall–Kier alpha value is -1.76. The van der Waals surface area contributed by atoms with Gasteiger partial charge in [0.1, 0.15) is 10.9 Å². The van der Waals surface area contributed by atoms with Gasteiger partial charge in [-0.3, -0.25) is 4.79 Å². The number of nitrogens with one attached hydrogen (secondary N) is 1. The molecule has 1 N–H and O–H groups in total. The Labute approximate surface area is 113 Å². The van der Waals surface area contributed by atoms with Gasteiger partial charge in [-0.2, -0.15) is 0 Å². The van der Waals surface area contributed by atoms with Crippen molar-refractivity contribution in [1.82, 2.24) is 25.1 Å². The van der Waals surface area contributed by atoms with Crippen molar-refractivity contribution in [3.05, 3.63) is 40.6 Å². The molecule has 1 amide bonds. The van der Waals surface area contributed by atoms with Gasteiger partial charge in [0.25, 0.3) is 5.91 Å². The Bertz CT molecular complexity index is 568. The fourth-order valence-electron chi connectivity index (χ4n) is 1.58. The SMILES string of the molecule is CC(NC(=O)c1cccnc1Br)c1nncn1C. The Morgan fingerprint density at radius 1 is 1.56 bits per heavy atom. The fraction of sp³-hybridized carbons (Fsp3) is 0.273. The number of carbonyl (C=O) groups is 1. The molecule has 94 valence electrons. The monoisotopic (exact) mass is 309 g/mol. The molecule has 2 aromatic heterocycles. The van der Waals surface area contributed by atoms with E-state index in [-0.39, 0.29) is 11.9 Å². The van der Waals surface area contributed by atoms with Crippen molar-refractivity contribution in [3.63, 3.8) is 0 Å². The molecule has 0 saturated carbocycles. The number of carbonyl (C=O) groups excluding carboxylic acids is 1. The first-order valence-corrected chi connectivity index (χ1v) is 6.14. The standard InChI is InChI=1S/C11H12BrN5O/c1-7(10-16-14-6-17(10)2)15-11(18)8-4-3-5-13-9(8)12/h3-7H,1-2H3,(H,15,18). The van der Waals surface area contributed by atoms with Crippen LogP contribution in [0, 0.1) is 0 Å². The Morgan fingerprint density at radius 3 is 2.94 bits per heavy atom. The molecule has 7 heteroatoms. The lowest BCUT2D eigenvalue weighted by Crippen LogP contribution is -2.28. The molecule has 2 heterocycles. The van der Waals surface area contributed by atoms with Crippen molar-refractivity contribution in [2.75, 3.05) is 0 Å². The van der Waals surface area contributed by atoms with E-state index in [1.165, 1.54) is 0 Å². The van der Waals surface area contributed by atoms with E-state index >= 15 is 0 Å². The third-order valence-electron chi connectivity index (χ3n) is 2.49. The maximum absolute atomic E-state index is 12.0. The van der Waals surface area contributed by atoms with Crippen LogP contribution in [0.15, 0.2) is 29.3 Å². The van der Waals surface area contributed by atoms with Gasteiger partial charge in [0.05, 0.1) is 11.6 Å². The van der Waals surface area contributed by atoms with Crippen LogP contribution in [0.5, 0.6) is 0 Å². The predicted octanol–water partition coefficient (Wildman–Crippen LogP) is 1.46. The van der Waals surface area contributed by atoms with Gasteiger partial charge in [-0.25, -0.2) is 4.98 Å². The molecule has 0 aromatic carbocycles. The first-order valence-electron chi connectivity index (χ1n) is 5.35. The number of aryl methyl sites for hydroxylation is 1. The zero-order valence-corrected chi connectivity index (χ0v) is 11.5. The number of hydrogen-bond donors (Lipinski definition) is 1. The van der Waals surface area contributed by atoms with Gasteiger partial charge < -0.3 is 9.88 Å². The van der Waals surface area contributed by atoms with Crippen molar-refractivity contribution in [3.8, 4) is 0 Å². The molecule has 18 heavy (non-hydrogen) atoms. The lowest BCUT2D eigenvalue weighted by molar-refractivity contribution is 0.0936. The van der Waals surface area contributed by atoms with E-state index in [0.29, 0.717) is 16.0 Å². The Kier molecular flexibility index (Phi) is 3.71. The number of halogens is 1. The molecule has 2 aromatic rings. The van der Waals surface area contributed by atoms with Gasteiger partial charge in [-0.05, 0) is 35.0 Å². The summed E-state index contributed by atoms with van der Waals surface area (Å²) >= 11 is 3.24. The first kappa shape index (κ1) is 12.7. The summed E-state index contributed by atoms with van der Waals surface area (Å²) in [5, 5.41) is 10.6. The summed E-state index contributed by atoms with van der Waals surface area (Å²) in [6.07, 6.45) is 3.21. The number of amides is 1. The summed E-state index contributed by atoms with van der Waals surface area (Å²) in [6.45, 7) is 1.85. The van der Waals surface area contributed by atoms with E-state index in [0.717, 1.165) is 0 Å². The fourth-order valence-corrected chi connectivity index (χ4v) is 2.01. The summed E-state index contributed by atoms with van der Waals surface area (Å²) in [7, 11) is 1.83. The molecule has 0 aliphatic carbocycles. The summed E-state index contributed by atoms with van der Waals surface area (Å²) in [6, 6.07) is 3.19. The van der Waals surface area contributed by atoms with E-state index in [1.807, 2.05) is 14.0 Å². The largest absolute Gasteiger partial charge is 0.342 e. The zero-order chi connectivity index (χ0) is 13.1. The van der Waals surface area contributed by atoms with Crippen LogP contribution in [0.2, 0.25) is 0 Å². The molecule has 0 bridgehead atoms. The highest BCUT2D eigenvalue weighted by atomic mass is 79.9. The van der Waals surface area contributed by atoms with E-state index in [9.17, 15) is 4.79 Å². The second-order valence-electron chi connectivity index (χ2n) is 3.84. The summed E-state index contributed by atoms with van der Waals surface area (Å²) < 4.78 is 2.29. The maximum Gasteiger partial charge on any atom is 0.254 e. The third kappa shape index (κ3) is 2.56. The molecule has 0 saturated heterocycles. The topological polar surface area (TPSA) is 72.7 Å². The first-order chi connectivity index (χ1) is 8.59. The summed E-state index contributed by atoms with van der Waals surface area (Å²) in [4.78, 5) is 16.1. The van der Waals surface area contributed by atoms with Crippen LogP contribution >= 0.6 is 15.9 Å². The Morgan fingerprint density at radius 2 is 2.33 bits per heavy atom. The van der Waals surface area contributed by atoms with E-state index in [1.54, 1.807) is 29.2 Å². The average Bonchev–Trinajstić information content (AvgIpc) is 2.76. The van der Waals surface area contributed by atoms with Gasteiger partial charge in [0.2, 0.25) is 0 Å².